The molecule has 31 heavy (non-hydrogen) atoms. The SMILES string of the molecule is O=C(NCCCN1CCN(c2ccccc2)CC1)c1ccccc1C(=O)c1cccs1. The molecule has 1 saturated heterocycles. The van der Waals surface area contributed by atoms with Gasteiger partial charge < -0.3 is 10.2 Å². The van der Waals surface area contributed by atoms with Gasteiger partial charge in [-0.05, 0) is 42.6 Å². The van der Waals surface area contributed by atoms with E-state index in [0.717, 1.165) is 39.1 Å². The number of thiophene rings is 1. The van der Waals surface area contributed by atoms with Crippen LogP contribution in [-0.4, -0.2) is 55.9 Å². The Morgan fingerprint density at radius 3 is 2.26 bits per heavy atom. The molecule has 5 nitrogen and oxygen atoms in total. The molecule has 1 aromatic heterocycles. The van der Waals surface area contributed by atoms with Gasteiger partial charge in [0.2, 0.25) is 5.78 Å². The first-order valence-corrected chi connectivity index (χ1v) is 11.6. The van der Waals surface area contributed by atoms with E-state index in [1.54, 1.807) is 30.3 Å². The van der Waals surface area contributed by atoms with Crippen LogP contribution in [0.4, 0.5) is 5.69 Å². The van der Waals surface area contributed by atoms with Crippen LogP contribution >= 0.6 is 11.3 Å². The largest absolute Gasteiger partial charge is 0.369 e. The Bertz CT molecular complexity index is 997. The molecule has 4 rings (SSSR count). The molecule has 0 spiro atoms. The maximum Gasteiger partial charge on any atom is 0.252 e. The summed E-state index contributed by atoms with van der Waals surface area (Å²) < 4.78 is 0. The maximum atomic E-state index is 12.7. The Labute approximate surface area is 187 Å². The summed E-state index contributed by atoms with van der Waals surface area (Å²) in [5.74, 6) is -0.286. The Balaban J connectivity index is 1.23. The van der Waals surface area contributed by atoms with Gasteiger partial charge in [0.25, 0.3) is 5.91 Å². The van der Waals surface area contributed by atoms with Crippen molar-refractivity contribution in [3.63, 3.8) is 0 Å². The van der Waals surface area contributed by atoms with Crippen LogP contribution in [0.15, 0.2) is 72.1 Å². The molecular weight excluding hydrogens is 406 g/mol. The second kappa shape index (κ2) is 10.4. The first kappa shape index (κ1) is 21.3. The average Bonchev–Trinajstić information content (AvgIpc) is 3.37. The number of rotatable bonds is 8. The third-order valence-corrected chi connectivity index (χ3v) is 6.46. The quantitative estimate of drug-likeness (QED) is 0.432. The van der Waals surface area contributed by atoms with Gasteiger partial charge >= 0.3 is 0 Å². The van der Waals surface area contributed by atoms with Crippen molar-refractivity contribution in [2.75, 3.05) is 44.2 Å². The minimum atomic E-state index is -0.186. The topological polar surface area (TPSA) is 52.7 Å². The Hall–Kier alpha value is -2.96. The monoisotopic (exact) mass is 433 g/mol. The van der Waals surface area contributed by atoms with Crippen molar-refractivity contribution in [3.8, 4) is 0 Å². The van der Waals surface area contributed by atoms with Gasteiger partial charge in [-0.25, -0.2) is 0 Å². The zero-order chi connectivity index (χ0) is 21.5. The van der Waals surface area contributed by atoms with Crippen molar-refractivity contribution in [2.24, 2.45) is 0 Å². The van der Waals surface area contributed by atoms with E-state index in [0.29, 0.717) is 22.5 Å². The summed E-state index contributed by atoms with van der Waals surface area (Å²) in [5, 5.41) is 4.86. The Kier molecular flexibility index (Phi) is 7.12. The fourth-order valence-corrected chi connectivity index (χ4v) is 4.57. The minimum Gasteiger partial charge on any atom is -0.369 e. The Morgan fingerprint density at radius 2 is 1.55 bits per heavy atom. The number of carbonyl (C=O) groups excluding carboxylic acids is 2. The van der Waals surface area contributed by atoms with Gasteiger partial charge in [0.1, 0.15) is 0 Å². The number of ketones is 1. The molecule has 160 valence electrons. The second-order valence-corrected chi connectivity index (χ2v) is 8.57. The van der Waals surface area contributed by atoms with Gasteiger partial charge in [0, 0.05) is 44.0 Å². The molecule has 0 bridgehead atoms. The van der Waals surface area contributed by atoms with E-state index in [1.807, 2.05) is 17.5 Å². The summed E-state index contributed by atoms with van der Waals surface area (Å²) in [6.45, 7) is 5.66. The van der Waals surface area contributed by atoms with Crippen LogP contribution in [0.1, 0.15) is 32.0 Å². The van der Waals surface area contributed by atoms with Crippen LogP contribution in [0, 0.1) is 0 Å². The highest BCUT2D eigenvalue weighted by molar-refractivity contribution is 7.12. The lowest BCUT2D eigenvalue weighted by molar-refractivity contribution is 0.0940. The molecule has 1 amide bonds. The van der Waals surface area contributed by atoms with Gasteiger partial charge in [-0.2, -0.15) is 0 Å². The molecule has 2 aromatic carbocycles. The van der Waals surface area contributed by atoms with Crippen molar-refractivity contribution in [1.29, 1.82) is 0 Å². The second-order valence-electron chi connectivity index (χ2n) is 7.63. The number of piperazine rings is 1. The number of para-hydroxylation sites is 1. The van der Waals surface area contributed by atoms with Gasteiger partial charge in [0.15, 0.2) is 0 Å². The zero-order valence-corrected chi connectivity index (χ0v) is 18.3. The summed E-state index contributed by atoms with van der Waals surface area (Å²) >= 11 is 1.39. The maximum absolute atomic E-state index is 12.7. The van der Waals surface area contributed by atoms with Crippen molar-refractivity contribution >= 4 is 28.7 Å². The summed E-state index contributed by atoms with van der Waals surface area (Å²) in [4.78, 5) is 30.9. The summed E-state index contributed by atoms with van der Waals surface area (Å²) in [7, 11) is 0. The molecule has 0 atom stereocenters. The number of anilines is 1. The molecule has 6 heteroatoms. The zero-order valence-electron chi connectivity index (χ0n) is 17.5. The molecular formula is C25H27N3O2S. The molecule has 0 saturated carbocycles. The van der Waals surface area contributed by atoms with Crippen molar-refractivity contribution in [3.05, 3.63) is 88.1 Å². The molecule has 0 aliphatic carbocycles. The Morgan fingerprint density at radius 1 is 0.839 bits per heavy atom. The van der Waals surface area contributed by atoms with Crippen molar-refractivity contribution in [2.45, 2.75) is 6.42 Å². The van der Waals surface area contributed by atoms with Crippen molar-refractivity contribution < 1.29 is 9.59 Å². The van der Waals surface area contributed by atoms with Crippen LogP contribution in [0.25, 0.3) is 0 Å². The smallest absolute Gasteiger partial charge is 0.252 e. The number of hydrogen-bond donors (Lipinski definition) is 1. The normalized spacial score (nSPS) is 14.4. The fraction of sp³-hybridized carbons (Fsp3) is 0.280. The van der Waals surface area contributed by atoms with Crippen LogP contribution in [0.3, 0.4) is 0 Å². The van der Waals surface area contributed by atoms with Crippen LogP contribution in [0.2, 0.25) is 0 Å². The van der Waals surface area contributed by atoms with E-state index in [1.165, 1.54) is 17.0 Å². The third-order valence-electron chi connectivity index (χ3n) is 5.59. The first-order chi connectivity index (χ1) is 15.2. The van der Waals surface area contributed by atoms with Gasteiger partial charge in [-0.1, -0.05) is 42.5 Å². The van der Waals surface area contributed by atoms with E-state index in [2.05, 4.69) is 39.4 Å². The number of carbonyl (C=O) groups is 2. The fourth-order valence-electron chi connectivity index (χ4n) is 3.89. The molecule has 1 aliphatic rings. The minimum absolute atomic E-state index is 0.1000. The highest BCUT2D eigenvalue weighted by Gasteiger charge is 2.19. The van der Waals surface area contributed by atoms with Crippen LogP contribution in [-0.2, 0) is 0 Å². The number of nitrogens with zero attached hydrogens (tertiary/aromatic N) is 2. The molecule has 0 unspecified atom stereocenters. The highest BCUT2D eigenvalue weighted by Crippen LogP contribution is 2.18. The molecule has 1 N–H and O–H groups in total. The lowest BCUT2D eigenvalue weighted by Gasteiger charge is -2.36. The van der Waals surface area contributed by atoms with E-state index in [9.17, 15) is 9.59 Å². The third kappa shape index (κ3) is 5.40. The van der Waals surface area contributed by atoms with E-state index in [-0.39, 0.29) is 11.7 Å². The molecule has 1 fully saturated rings. The van der Waals surface area contributed by atoms with Gasteiger partial charge in [-0.15, -0.1) is 11.3 Å². The summed E-state index contributed by atoms with van der Waals surface area (Å²) in [6.07, 6.45) is 0.887. The number of benzene rings is 2. The molecule has 1 aliphatic heterocycles. The first-order valence-electron chi connectivity index (χ1n) is 10.7. The molecule has 0 radical (unpaired) electrons. The summed E-state index contributed by atoms with van der Waals surface area (Å²) in [5.41, 5.74) is 2.18. The molecule has 3 aromatic rings. The lowest BCUT2D eigenvalue weighted by atomic mass is 10.0. The van der Waals surface area contributed by atoms with Crippen molar-refractivity contribution in [1.82, 2.24) is 10.2 Å². The number of nitrogens with one attached hydrogen (secondary N) is 1. The van der Waals surface area contributed by atoms with E-state index < -0.39 is 0 Å². The number of hydrogen-bond acceptors (Lipinski definition) is 5. The predicted octanol–water partition coefficient (Wildman–Crippen LogP) is 3.92. The van der Waals surface area contributed by atoms with Crippen LogP contribution < -0.4 is 10.2 Å². The van der Waals surface area contributed by atoms with Gasteiger partial charge in [0.05, 0.1) is 10.4 Å². The van der Waals surface area contributed by atoms with Crippen LogP contribution in [0.5, 0.6) is 0 Å². The lowest BCUT2D eigenvalue weighted by Crippen LogP contribution is -2.47. The number of amides is 1. The standard InChI is InChI=1S/C25H27N3O2S/c29-24(23-12-6-19-31-23)21-10-4-5-11-22(21)25(30)26-13-7-14-27-15-17-28(18-16-27)20-8-2-1-3-9-20/h1-6,8-12,19H,7,13-18H2,(H,26,30). The average molecular weight is 434 g/mol. The highest BCUT2D eigenvalue weighted by atomic mass is 32.1. The van der Waals surface area contributed by atoms with E-state index >= 15 is 0 Å². The molecule has 2 heterocycles. The van der Waals surface area contributed by atoms with E-state index in [4.69, 9.17) is 0 Å². The van der Waals surface area contributed by atoms with Gasteiger partial charge in [-0.3, -0.25) is 14.5 Å². The predicted molar refractivity (Wildman–Crippen MR) is 126 cm³/mol. The summed E-state index contributed by atoms with van der Waals surface area (Å²) in [6, 6.07) is 21.2.